The van der Waals surface area contributed by atoms with Gasteiger partial charge in [-0.1, -0.05) is 44.2 Å². The Morgan fingerprint density at radius 2 is 1.60 bits per heavy atom. The topological polar surface area (TPSA) is 121 Å². The van der Waals surface area contributed by atoms with Crippen LogP contribution in [0, 0.1) is 62.6 Å². The first-order chi connectivity index (χ1) is 11.9. The molecule has 1 aromatic carbocycles. The molecule has 25 heavy (non-hydrogen) atoms. The number of rotatable bonds is 6. The molecule has 0 aliphatic heterocycles. The largest absolute Gasteiger partial charge is 0.469 e. The van der Waals surface area contributed by atoms with E-state index in [4.69, 9.17) is 4.74 Å². The maximum Gasteiger partial charge on any atom is 0.306 e. The van der Waals surface area contributed by atoms with Crippen molar-refractivity contribution in [2.75, 3.05) is 7.11 Å². The van der Waals surface area contributed by atoms with Gasteiger partial charge in [0.2, 0.25) is 0 Å². The summed E-state index contributed by atoms with van der Waals surface area (Å²) in [5.74, 6) is -2.56. The van der Waals surface area contributed by atoms with Crippen molar-refractivity contribution in [3.63, 3.8) is 0 Å². The number of ether oxygens (including phenoxy) is 1. The first kappa shape index (κ1) is 19.7. The summed E-state index contributed by atoms with van der Waals surface area (Å²) in [5, 5.41) is 38.7. The van der Waals surface area contributed by atoms with Gasteiger partial charge in [-0.2, -0.15) is 21.0 Å². The lowest BCUT2D eigenvalue weighted by molar-refractivity contribution is -0.143. The third-order valence-electron chi connectivity index (χ3n) is 4.67. The van der Waals surface area contributed by atoms with Gasteiger partial charge >= 0.3 is 5.97 Å². The fraction of sp³-hybridized carbons (Fsp3) is 0.421. The lowest BCUT2D eigenvalue weighted by Gasteiger charge is -2.46. The number of methoxy groups -OCH3 is 1. The lowest BCUT2D eigenvalue weighted by Crippen LogP contribution is -2.53. The number of hydrogen-bond donors (Lipinski definition) is 0. The van der Waals surface area contributed by atoms with Crippen molar-refractivity contribution in [2.24, 2.45) is 17.3 Å². The molecule has 0 heterocycles. The Hall–Kier alpha value is -3.35. The summed E-state index contributed by atoms with van der Waals surface area (Å²) in [6.07, 6.45) is -0.299. The molecule has 0 aliphatic rings. The van der Waals surface area contributed by atoms with Crippen molar-refractivity contribution in [1.82, 2.24) is 0 Å². The van der Waals surface area contributed by atoms with E-state index in [0.29, 0.717) is 5.56 Å². The molecule has 0 fully saturated rings. The normalized spacial score (nSPS) is 13.0. The van der Waals surface area contributed by atoms with Crippen molar-refractivity contribution in [1.29, 1.82) is 21.0 Å². The highest BCUT2D eigenvalue weighted by molar-refractivity contribution is 5.72. The average molecular weight is 334 g/mol. The minimum absolute atomic E-state index is 0.299. The summed E-state index contributed by atoms with van der Waals surface area (Å²) in [7, 11) is 1.21. The molecule has 126 valence electrons. The second kappa shape index (κ2) is 7.96. The summed E-state index contributed by atoms with van der Waals surface area (Å²) in [6.45, 7) is 3.51. The quantitative estimate of drug-likeness (QED) is 0.737. The van der Waals surface area contributed by atoms with E-state index < -0.39 is 28.6 Å². The number of carbonyl (C=O) groups excluding carboxylic acids is 1. The number of hydrogen-bond acceptors (Lipinski definition) is 6. The van der Waals surface area contributed by atoms with Crippen LogP contribution in [0.5, 0.6) is 0 Å². The molecule has 0 saturated carbocycles. The Morgan fingerprint density at radius 3 is 1.96 bits per heavy atom. The van der Waals surface area contributed by atoms with Gasteiger partial charge in [0, 0.05) is 5.41 Å². The van der Waals surface area contributed by atoms with Crippen molar-refractivity contribution in [3.05, 3.63) is 35.9 Å². The maximum atomic E-state index is 12.2. The zero-order chi connectivity index (χ0) is 19.1. The summed E-state index contributed by atoms with van der Waals surface area (Å²) >= 11 is 0. The van der Waals surface area contributed by atoms with Crippen LogP contribution in [-0.2, 0) is 14.9 Å². The minimum Gasteiger partial charge on any atom is -0.469 e. The van der Waals surface area contributed by atoms with E-state index >= 15 is 0 Å². The molecule has 0 N–H and O–H groups in total. The molecule has 1 unspecified atom stereocenters. The second-order valence-corrected chi connectivity index (χ2v) is 5.97. The smallest absolute Gasteiger partial charge is 0.306 e. The molecule has 0 spiro atoms. The van der Waals surface area contributed by atoms with E-state index in [2.05, 4.69) is 0 Å². The van der Waals surface area contributed by atoms with Crippen LogP contribution >= 0.6 is 0 Å². The highest BCUT2D eigenvalue weighted by Gasteiger charge is 2.61. The maximum absolute atomic E-state index is 12.2. The van der Waals surface area contributed by atoms with Crippen LogP contribution in [0.4, 0.5) is 0 Å². The van der Waals surface area contributed by atoms with Crippen molar-refractivity contribution < 1.29 is 9.53 Å². The van der Waals surface area contributed by atoms with Crippen LogP contribution in [0.25, 0.3) is 0 Å². The zero-order valence-corrected chi connectivity index (χ0v) is 14.4. The standard InChI is InChI=1S/C19H18N4O2/c1-14(2)19(9-17(24)25-3,15-7-5-4-6-8-15)18(12-22,13-23)16(10-20)11-21/h4-8,14,16H,9H2,1-3H3. The lowest BCUT2D eigenvalue weighted by atomic mass is 9.50. The van der Waals surface area contributed by atoms with Gasteiger partial charge in [0.15, 0.2) is 11.3 Å². The molecular formula is C19H18N4O2. The Morgan fingerprint density at radius 1 is 1.08 bits per heavy atom. The molecule has 0 bridgehead atoms. The Kier molecular flexibility index (Phi) is 6.27. The van der Waals surface area contributed by atoms with Gasteiger partial charge in [-0.15, -0.1) is 0 Å². The van der Waals surface area contributed by atoms with Crippen molar-refractivity contribution in [3.8, 4) is 24.3 Å². The summed E-state index contributed by atoms with van der Waals surface area (Å²) in [6, 6.07) is 15.9. The van der Waals surface area contributed by atoms with E-state index in [9.17, 15) is 25.8 Å². The first-order valence-corrected chi connectivity index (χ1v) is 7.64. The summed E-state index contributed by atoms with van der Waals surface area (Å²) in [5.41, 5.74) is -2.89. The molecule has 0 saturated heterocycles. The van der Waals surface area contributed by atoms with E-state index in [-0.39, 0.29) is 6.42 Å². The number of benzene rings is 1. The highest BCUT2D eigenvalue weighted by atomic mass is 16.5. The number of nitrogens with zero attached hydrogens (tertiary/aromatic N) is 4. The Bertz CT molecular complexity index is 762. The average Bonchev–Trinajstić information content (AvgIpc) is 2.64. The van der Waals surface area contributed by atoms with Crippen LogP contribution in [0.15, 0.2) is 30.3 Å². The fourth-order valence-electron chi connectivity index (χ4n) is 3.33. The van der Waals surface area contributed by atoms with Gasteiger partial charge in [-0.3, -0.25) is 4.79 Å². The van der Waals surface area contributed by atoms with E-state index in [1.807, 2.05) is 12.1 Å². The zero-order valence-electron chi connectivity index (χ0n) is 14.4. The van der Waals surface area contributed by atoms with Gasteiger partial charge in [0.1, 0.15) is 0 Å². The van der Waals surface area contributed by atoms with Gasteiger partial charge in [0.25, 0.3) is 0 Å². The van der Waals surface area contributed by atoms with Gasteiger partial charge in [-0.05, 0) is 11.5 Å². The number of nitriles is 4. The SMILES string of the molecule is COC(=O)CC(c1ccccc1)(C(C)C)C(C#N)(C#N)C(C#N)C#N. The molecule has 1 rings (SSSR count). The minimum atomic E-state index is -2.04. The van der Waals surface area contributed by atoms with Crippen LogP contribution in [-0.4, -0.2) is 13.1 Å². The first-order valence-electron chi connectivity index (χ1n) is 7.64. The van der Waals surface area contributed by atoms with Gasteiger partial charge in [-0.25, -0.2) is 0 Å². The predicted molar refractivity (Wildman–Crippen MR) is 88.0 cm³/mol. The molecule has 0 aromatic heterocycles. The van der Waals surface area contributed by atoms with Crippen LogP contribution in [0.3, 0.4) is 0 Å². The number of esters is 1. The van der Waals surface area contributed by atoms with Crippen LogP contribution in [0.2, 0.25) is 0 Å². The second-order valence-electron chi connectivity index (χ2n) is 5.97. The van der Waals surface area contributed by atoms with E-state index in [1.165, 1.54) is 7.11 Å². The molecular weight excluding hydrogens is 316 g/mol. The molecule has 0 amide bonds. The van der Waals surface area contributed by atoms with E-state index in [0.717, 1.165) is 0 Å². The fourth-order valence-corrected chi connectivity index (χ4v) is 3.33. The summed E-state index contributed by atoms with van der Waals surface area (Å²) < 4.78 is 4.79. The Balaban J connectivity index is 3.97. The van der Waals surface area contributed by atoms with Crippen LogP contribution in [0.1, 0.15) is 25.8 Å². The molecule has 1 aromatic rings. The third kappa shape index (κ3) is 3.03. The third-order valence-corrected chi connectivity index (χ3v) is 4.67. The monoisotopic (exact) mass is 334 g/mol. The Labute approximate surface area is 147 Å². The molecule has 6 heteroatoms. The summed E-state index contributed by atoms with van der Waals surface area (Å²) in [4.78, 5) is 12.2. The predicted octanol–water partition coefficient (Wildman–Crippen LogP) is 2.84. The van der Waals surface area contributed by atoms with Gasteiger partial charge in [0.05, 0.1) is 37.8 Å². The van der Waals surface area contributed by atoms with Crippen LogP contribution < -0.4 is 0 Å². The van der Waals surface area contributed by atoms with Crippen molar-refractivity contribution in [2.45, 2.75) is 25.7 Å². The van der Waals surface area contributed by atoms with Crippen molar-refractivity contribution >= 4 is 5.97 Å². The molecule has 0 aliphatic carbocycles. The molecule has 6 nitrogen and oxygen atoms in total. The molecule has 1 atom stereocenters. The van der Waals surface area contributed by atoms with E-state index in [1.54, 1.807) is 56.3 Å². The number of carbonyl (C=O) groups is 1. The molecule has 0 radical (unpaired) electrons. The highest BCUT2D eigenvalue weighted by Crippen LogP contribution is 2.53. The van der Waals surface area contributed by atoms with Gasteiger partial charge < -0.3 is 4.74 Å².